The van der Waals surface area contributed by atoms with Gasteiger partial charge in [-0.25, -0.2) is 4.79 Å². The number of urea groups is 1. The predicted molar refractivity (Wildman–Crippen MR) is 87.8 cm³/mol. The molecule has 0 saturated heterocycles. The number of aromatic nitrogens is 2. The quantitative estimate of drug-likeness (QED) is 0.828. The first kappa shape index (κ1) is 15.9. The molecule has 22 heavy (non-hydrogen) atoms. The van der Waals surface area contributed by atoms with Gasteiger partial charge < -0.3 is 5.32 Å². The Balaban J connectivity index is 2.02. The number of nitriles is 1. The molecule has 0 fully saturated rings. The summed E-state index contributed by atoms with van der Waals surface area (Å²) in [5.41, 5.74) is 0.714. The van der Waals surface area contributed by atoms with Gasteiger partial charge in [0.2, 0.25) is 0 Å². The molecule has 7 heteroatoms. The molecule has 2 amide bonds. The van der Waals surface area contributed by atoms with Gasteiger partial charge in [0.1, 0.15) is 0 Å². The number of benzene rings is 1. The molecule has 114 valence electrons. The second kappa shape index (κ2) is 7.52. The predicted octanol–water partition coefficient (Wildman–Crippen LogP) is 3.46. The third kappa shape index (κ3) is 4.53. The molecular formula is C15H17N5OS. The molecule has 0 spiro atoms. The standard InChI is InChI=1S/C15H17N5OS/c1-11(7-9-16)22-13-6-4-3-5-12(13)17-15(21)18-14-8-10-20(2)19-14/h3-6,8,10-11H,7H2,1-2H3,(H2,17,18,19,21). The van der Waals surface area contributed by atoms with Gasteiger partial charge in [0.15, 0.2) is 5.82 Å². The van der Waals surface area contributed by atoms with Crippen molar-refractivity contribution in [2.24, 2.45) is 7.05 Å². The lowest BCUT2D eigenvalue weighted by Gasteiger charge is -2.13. The van der Waals surface area contributed by atoms with E-state index in [9.17, 15) is 4.79 Å². The van der Waals surface area contributed by atoms with Crippen LogP contribution in [0.1, 0.15) is 13.3 Å². The Morgan fingerprint density at radius 1 is 1.41 bits per heavy atom. The van der Waals surface area contributed by atoms with Crippen LogP contribution in [0, 0.1) is 11.3 Å². The summed E-state index contributed by atoms with van der Waals surface area (Å²) in [4.78, 5) is 13.0. The van der Waals surface area contributed by atoms with Crippen LogP contribution in [0.2, 0.25) is 0 Å². The Morgan fingerprint density at radius 2 is 2.18 bits per heavy atom. The molecule has 0 radical (unpaired) electrons. The van der Waals surface area contributed by atoms with Crippen molar-refractivity contribution < 1.29 is 4.79 Å². The molecule has 1 atom stereocenters. The van der Waals surface area contributed by atoms with Gasteiger partial charge in [0, 0.05) is 35.9 Å². The fourth-order valence-corrected chi connectivity index (χ4v) is 2.81. The van der Waals surface area contributed by atoms with E-state index in [4.69, 9.17) is 5.26 Å². The van der Waals surface area contributed by atoms with E-state index >= 15 is 0 Å². The van der Waals surface area contributed by atoms with Gasteiger partial charge in [-0.1, -0.05) is 19.1 Å². The van der Waals surface area contributed by atoms with E-state index in [0.29, 0.717) is 17.9 Å². The third-order valence-electron chi connectivity index (χ3n) is 2.80. The molecular weight excluding hydrogens is 298 g/mol. The van der Waals surface area contributed by atoms with Crippen molar-refractivity contribution in [2.45, 2.75) is 23.5 Å². The molecule has 0 aliphatic rings. The van der Waals surface area contributed by atoms with Crippen molar-refractivity contribution in [1.82, 2.24) is 9.78 Å². The lowest BCUT2D eigenvalue weighted by molar-refractivity contribution is 0.262. The maximum Gasteiger partial charge on any atom is 0.324 e. The highest BCUT2D eigenvalue weighted by Gasteiger charge is 2.11. The summed E-state index contributed by atoms with van der Waals surface area (Å²) in [5.74, 6) is 0.489. The largest absolute Gasteiger partial charge is 0.324 e. The topological polar surface area (TPSA) is 82.7 Å². The number of carbonyl (C=O) groups is 1. The summed E-state index contributed by atoms with van der Waals surface area (Å²) in [6, 6.07) is 11.0. The number of aryl methyl sites for hydroxylation is 1. The summed E-state index contributed by atoms with van der Waals surface area (Å²) in [6.45, 7) is 1.98. The fourth-order valence-electron chi connectivity index (χ4n) is 1.81. The zero-order chi connectivity index (χ0) is 15.9. The molecule has 6 nitrogen and oxygen atoms in total. The van der Waals surface area contributed by atoms with Crippen molar-refractivity contribution in [3.05, 3.63) is 36.5 Å². The summed E-state index contributed by atoms with van der Waals surface area (Å²) < 4.78 is 1.61. The molecule has 2 rings (SSSR count). The number of para-hydroxylation sites is 1. The van der Waals surface area contributed by atoms with E-state index in [1.54, 1.807) is 35.8 Å². The minimum Gasteiger partial charge on any atom is -0.307 e. The highest BCUT2D eigenvalue weighted by molar-refractivity contribution is 8.00. The number of hydrogen-bond donors (Lipinski definition) is 2. The van der Waals surface area contributed by atoms with E-state index in [0.717, 1.165) is 4.90 Å². The first-order valence-corrected chi connectivity index (χ1v) is 7.66. The number of nitrogens with one attached hydrogen (secondary N) is 2. The van der Waals surface area contributed by atoms with Crippen molar-refractivity contribution in [3.63, 3.8) is 0 Å². The van der Waals surface area contributed by atoms with Crippen molar-refractivity contribution in [2.75, 3.05) is 10.6 Å². The number of amides is 2. The van der Waals surface area contributed by atoms with Crippen LogP contribution < -0.4 is 10.6 Å². The van der Waals surface area contributed by atoms with Crippen LogP contribution >= 0.6 is 11.8 Å². The maximum atomic E-state index is 12.0. The summed E-state index contributed by atoms with van der Waals surface area (Å²) in [7, 11) is 1.78. The van der Waals surface area contributed by atoms with Crippen LogP contribution in [0.25, 0.3) is 0 Å². The van der Waals surface area contributed by atoms with E-state index in [1.165, 1.54) is 0 Å². The number of rotatable bonds is 5. The van der Waals surface area contributed by atoms with Crippen LogP contribution in [-0.2, 0) is 7.05 Å². The second-order valence-electron chi connectivity index (χ2n) is 4.74. The number of anilines is 2. The Labute approximate surface area is 133 Å². The number of hydrogen-bond acceptors (Lipinski definition) is 4. The Hall–Kier alpha value is -2.46. The molecule has 0 saturated carbocycles. The maximum absolute atomic E-state index is 12.0. The zero-order valence-corrected chi connectivity index (χ0v) is 13.2. The van der Waals surface area contributed by atoms with Gasteiger partial charge in [0.25, 0.3) is 0 Å². The highest BCUT2D eigenvalue weighted by Crippen LogP contribution is 2.31. The van der Waals surface area contributed by atoms with Crippen LogP contribution in [0.15, 0.2) is 41.4 Å². The normalized spacial score (nSPS) is 11.5. The summed E-state index contributed by atoms with van der Waals surface area (Å²) in [5, 5.41) is 18.5. The van der Waals surface area contributed by atoms with Gasteiger partial charge in [-0.2, -0.15) is 10.4 Å². The van der Waals surface area contributed by atoms with Crippen LogP contribution in [0.4, 0.5) is 16.3 Å². The minimum atomic E-state index is -0.348. The van der Waals surface area contributed by atoms with Gasteiger partial charge in [-0.05, 0) is 12.1 Å². The first-order valence-electron chi connectivity index (χ1n) is 6.79. The monoisotopic (exact) mass is 315 g/mol. The zero-order valence-electron chi connectivity index (χ0n) is 12.4. The Kier molecular flexibility index (Phi) is 5.44. The number of nitrogens with zero attached hydrogens (tertiary/aromatic N) is 3. The average molecular weight is 315 g/mol. The summed E-state index contributed by atoms with van der Waals surface area (Å²) in [6.07, 6.45) is 2.21. The lowest BCUT2D eigenvalue weighted by Crippen LogP contribution is -2.20. The molecule has 1 heterocycles. The molecule has 1 unspecified atom stereocenters. The van der Waals surface area contributed by atoms with Crippen LogP contribution in [0.5, 0.6) is 0 Å². The first-order chi connectivity index (χ1) is 10.6. The molecule has 0 bridgehead atoms. The van der Waals surface area contributed by atoms with E-state index in [2.05, 4.69) is 21.8 Å². The summed E-state index contributed by atoms with van der Waals surface area (Å²) >= 11 is 1.56. The second-order valence-corrected chi connectivity index (χ2v) is 6.22. The van der Waals surface area contributed by atoms with Crippen molar-refractivity contribution >= 4 is 29.3 Å². The van der Waals surface area contributed by atoms with E-state index in [-0.39, 0.29) is 11.3 Å². The van der Waals surface area contributed by atoms with Gasteiger partial charge in [-0.3, -0.25) is 10.00 Å². The molecule has 2 N–H and O–H groups in total. The number of carbonyl (C=O) groups excluding carboxylic acids is 1. The molecule has 2 aromatic rings. The van der Waals surface area contributed by atoms with Crippen LogP contribution in [-0.4, -0.2) is 21.1 Å². The third-order valence-corrected chi connectivity index (χ3v) is 3.98. The van der Waals surface area contributed by atoms with E-state index < -0.39 is 0 Å². The smallest absolute Gasteiger partial charge is 0.307 e. The number of thioether (sulfide) groups is 1. The van der Waals surface area contributed by atoms with Gasteiger partial charge in [0.05, 0.1) is 11.8 Å². The molecule has 1 aromatic carbocycles. The van der Waals surface area contributed by atoms with Crippen molar-refractivity contribution in [1.29, 1.82) is 5.26 Å². The fraction of sp³-hybridized carbons (Fsp3) is 0.267. The molecule has 0 aliphatic heterocycles. The SMILES string of the molecule is CC(CC#N)Sc1ccccc1NC(=O)Nc1ccn(C)n1. The lowest BCUT2D eigenvalue weighted by atomic mass is 10.3. The van der Waals surface area contributed by atoms with E-state index in [1.807, 2.05) is 31.2 Å². The van der Waals surface area contributed by atoms with Gasteiger partial charge >= 0.3 is 6.03 Å². The highest BCUT2D eigenvalue weighted by atomic mass is 32.2. The molecule has 0 aliphatic carbocycles. The van der Waals surface area contributed by atoms with Crippen LogP contribution in [0.3, 0.4) is 0 Å². The average Bonchev–Trinajstić information content (AvgIpc) is 2.86. The molecule has 1 aromatic heterocycles. The van der Waals surface area contributed by atoms with Gasteiger partial charge in [-0.15, -0.1) is 11.8 Å². The Morgan fingerprint density at radius 3 is 2.86 bits per heavy atom. The minimum absolute atomic E-state index is 0.159. The van der Waals surface area contributed by atoms with Crippen molar-refractivity contribution in [3.8, 4) is 6.07 Å². The Bertz CT molecular complexity index is 691.